The Balaban J connectivity index is 3.50. The fraction of sp³-hybridized carbons (Fsp3) is 1.00. The number of hydrogen-bond acceptors (Lipinski definition) is 3. The molecule has 0 radical (unpaired) electrons. The van der Waals surface area contributed by atoms with Crippen molar-refractivity contribution < 1.29 is 9.42 Å². The summed E-state index contributed by atoms with van der Waals surface area (Å²) in [6.45, 7) is 5.12. The first kappa shape index (κ1) is 31.1. The maximum Gasteiger partial charge on any atom is 0.248 e. The van der Waals surface area contributed by atoms with Gasteiger partial charge in [0, 0.05) is 5.75 Å². The minimum atomic E-state index is -2.76. The molecule has 0 bridgehead atoms. The van der Waals surface area contributed by atoms with Gasteiger partial charge in [0.25, 0.3) is 0 Å². The van der Waals surface area contributed by atoms with Gasteiger partial charge in [0.05, 0.1) is 6.61 Å². The summed E-state index contributed by atoms with van der Waals surface area (Å²) >= 11 is 10.9. The summed E-state index contributed by atoms with van der Waals surface area (Å²) in [7, 11) is -0.565. The molecule has 30 heavy (non-hydrogen) atoms. The SMILES string of the molecule is CCCCCCCCCCCCOP(O)(=S)S(=S)CCCCCCCCCCCC. The highest BCUT2D eigenvalue weighted by molar-refractivity contribution is 8.74. The molecule has 6 heteroatoms. The Kier molecular flexibility index (Phi) is 24.2. The Morgan fingerprint density at radius 2 is 0.933 bits per heavy atom. The van der Waals surface area contributed by atoms with Gasteiger partial charge in [0.1, 0.15) is 0 Å². The molecule has 0 amide bonds. The van der Waals surface area contributed by atoms with Crippen molar-refractivity contribution in [2.45, 2.75) is 142 Å². The monoisotopic (exact) mass is 498 g/mol. The first-order chi connectivity index (χ1) is 14.5. The lowest BCUT2D eigenvalue weighted by atomic mass is 10.1. The van der Waals surface area contributed by atoms with Gasteiger partial charge < -0.3 is 9.42 Å². The van der Waals surface area contributed by atoms with Crippen LogP contribution < -0.4 is 0 Å². The standard InChI is InChI=1S/C24H51O2PS3/c1-3-5-7-9-11-13-15-17-19-21-23-26-27(25,28)30(29)24-22-20-18-16-14-12-10-8-6-4-2/h3-24H2,1-2H3,(H,25,28). The summed E-state index contributed by atoms with van der Waals surface area (Å²) in [5.74, 6) is 0.859. The quantitative estimate of drug-likeness (QED) is 0.106. The highest BCUT2D eigenvalue weighted by atomic mass is 33.2. The van der Waals surface area contributed by atoms with E-state index in [2.05, 4.69) is 13.8 Å². The van der Waals surface area contributed by atoms with E-state index in [1.165, 1.54) is 116 Å². The van der Waals surface area contributed by atoms with Crippen LogP contribution in [0.15, 0.2) is 0 Å². The van der Waals surface area contributed by atoms with Crippen molar-refractivity contribution in [3.63, 3.8) is 0 Å². The second kappa shape index (κ2) is 23.3. The van der Waals surface area contributed by atoms with Crippen molar-refractivity contribution in [1.82, 2.24) is 0 Å². The summed E-state index contributed by atoms with van der Waals surface area (Å²) < 4.78 is 5.70. The summed E-state index contributed by atoms with van der Waals surface area (Å²) in [6, 6.07) is 0. The van der Waals surface area contributed by atoms with Crippen molar-refractivity contribution in [3.05, 3.63) is 0 Å². The van der Waals surface area contributed by atoms with Crippen LogP contribution in [0.1, 0.15) is 142 Å². The first-order valence-corrected chi connectivity index (χ1v) is 18.5. The van der Waals surface area contributed by atoms with Gasteiger partial charge in [0.2, 0.25) is 5.69 Å². The fourth-order valence-electron chi connectivity index (χ4n) is 3.66. The Hall–Kier alpha value is 1.14. The van der Waals surface area contributed by atoms with E-state index in [9.17, 15) is 4.89 Å². The Morgan fingerprint density at radius 3 is 1.33 bits per heavy atom. The normalized spacial score (nSPS) is 14.6. The van der Waals surface area contributed by atoms with Crippen LogP contribution in [0.2, 0.25) is 0 Å². The van der Waals surface area contributed by atoms with Crippen molar-refractivity contribution >= 4 is 37.8 Å². The van der Waals surface area contributed by atoms with Crippen LogP contribution in [0.3, 0.4) is 0 Å². The van der Waals surface area contributed by atoms with Crippen molar-refractivity contribution in [1.29, 1.82) is 0 Å². The third-order valence-electron chi connectivity index (χ3n) is 5.68. The van der Waals surface area contributed by atoms with Crippen LogP contribution >= 0.6 is 5.69 Å². The minimum Gasteiger partial charge on any atom is -0.337 e. The summed E-state index contributed by atoms with van der Waals surface area (Å²) in [5.41, 5.74) is -2.76. The maximum absolute atomic E-state index is 10.5. The molecule has 0 fully saturated rings. The molecule has 0 rings (SSSR count). The molecule has 0 heterocycles. The molecule has 2 atom stereocenters. The zero-order chi connectivity index (χ0) is 22.3. The van der Waals surface area contributed by atoms with E-state index >= 15 is 0 Å². The minimum absolute atomic E-state index is 0.565. The van der Waals surface area contributed by atoms with E-state index in [4.69, 9.17) is 27.5 Å². The average molecular weight is 499 g/mol. The van der Waals surface area contributed by atoms with Gasteiger partial charge in [-0.05, 0) is 44.9 Å². The summed E-state index contributed by atoms with van der Waals surface area (Å²) in [5, 5.41) is 0. The second-order valence-electron chi connectivity index (χ2n) is 8.69. The third kappa shape index (κ3) is 21.0. The van der Waals surface area contributed by atoms with E-state index in [1.54, 1.807) is 0 Å². The second-order valence-corrected chi connectivity index (χ2v) is 17.9. The van der Waals surface area contributed by atoms with E-state index in [0.717, 1.165) is 18.6 Å². The predicted octanol–water partition coefficient (Wildman–Crippen LogP) is 9.14. The highest BCUT2D eigenvalue weighted by Gasteiger charge is 2.18. The molecule has 0 spiro atoms. The lowest BCUT2D eigenvalue weighted by Crippen LogP contribution is -2.02. The molecular formula is C24H51O2PS3. The van der Waals surface area contributed by atoms with Gasteiger partial charge in [-0.1, -0.05) is 129 Å². The molecule has 1 N–H and O–H groups in total. The van der Waals surface area contributed by atoms with Gasteiger partial charge in [-0.15, -0.1) is 0 Å². The number of unbranched alkanes of at least 4 members (excludes halogenated alkanes) is 18. The molecule has 0 saturated carbocycles. The molecule has 0 aromatic heterocycles. The molecule has 0 aliphatic carbocycles. The Bertz CT molecular complexity index is 433. The van der Waals surface area contributed by atoms with Crippen molar-refractivity contribution in [2.75, 3.05) is 12.4 Å². The first-order valence-electron chi connectivity index (χ1n) is 12.9. The van der Waals surface area contributed by atoms with E-state index in [0.29, 0.717) is 6.61 Å². The summed E-state index contributed by atoms with van der Waals surface area (Å²) in [6.07, 6.45) is 26.2. The van der Waals surface area contributed by atoms with Crippen LogP contribution in [0.5, 0.6) is 0 Å². The summed E-state index contributed by atoms with van der Waals surface area (Å²) in [4.78, 5) is 10.5. The van der Waals surface area contributed by atoms with Crippen LogP contribution in [0.25, 0.3) is 0 Å². The molecule has 2 unspecified atom stereocenters. The zero-order valence-electron chi connectivity index (χ0n) is 20.1. The number of hydrogen-bond donors (Lipinski definition) is 1. The van der Waals surface area contributed by atoms with Gasteiger partial charge in [0.15, 0.2) is 0 Å². The Labute approximate surface area is 201 Å². The molecule has 0 aromatic carbocycles. The van der Waals surface area contributed by atoms with E-state index in [-0.39, 0.29) is 0 Å². The van der Waals surface area contributed by atoms with Crippen molar-refractivity contribution in [2.24, 2.45) is 0 Å². The van der Waals surface area contributed by atoms with Crippen molar-refractivity contribution in [3.8, 4) is 0 Å². The zero-order valence-corrected chi connectivity index (χ0v) is 23.4. The van der Waals surface area contributed by atoms with Crippen LogP contribution in [-0.4, -0.2) is 17.3 Å². The molecule has 0 aromatic rings. The van der Waals surface area contributed by atoms with Gasteiger partial charge in [-0.2, -0.15) is 0 Å². The maximum atomic E-state index is 10.5. The van der Waals surface area contributed by atoms with E-state index < -0.39 is 14.8 Å². The molecule has 2 nitrogen and oxygen atoms in total. The van der Waals surface area contributed by atoms with Crippen LogP contribution in [-0.2, 0) is 36.6 Å². The molecular weight excluding hydrogens is 447 g/mol. The van der Waals surface area contributed by atoms with Gasteiger partial charge >= 0.3 is 0 Å². The topological polar surface area (TPSA) is 29.5 Å². The van der Waals surface area contributed by atoms with Gasteiger partial charge in [-0.25, -0.2) is 0 Å². The van der Waals surface area contributed by atoms with Crippen LogP contribution in [0, 0.1) is 0 Å². The third-order valence-corrected chi connectivity index (χ3v) is 14.9. The van der Waals surface area contributed by atoms with Crippen LogP contribution in [0.4, 0.5) is 0 Å². The van der Waals surface area contributed by atoms with Gasteiger partial charge in [-0.3, -0.25) is 0 Å². The molecule has 182 valence electrons. The Morgan fingerprint density at radius 1 is 0.600 bits per heavy atom. The van der Waals surface area contributed by atoms with E-state index in [1.807, 2.05) is 0 Å². The molecule has 0 saturated heterocycles. The lowest BCUT2D eigenvalue weighted by molar-refractivity contribution is 0.307. The lowest BCUT2D eigenvalue weighted by Gasteiger charge is -2.17. The predicted molar refractivity (Wildman–Crippen MR) is 146 cm³/mol. The highest BCUT2D eigenvalue weighted by Crippen LogP contribution is 2.47. The number of rotatable bonds is 24. The molecule has 0 aliphatic rings. The molecule has 0 aliphatic heterocycles. The fourth-order valence-corrected chi connectivity index (χ4v) is 8.11. The largest absolute Gasteiger partial charge is 0.337 e. The smallest absolute Gasteiger partial charge is 0.248 e. The average Bonchev–Trinajstić information content (AvgIpc) is 2.73.